The van der Waals surface area contributed by atoms with Crippen molar-refractivity contribution in [1.82, 2.24) is 4.31 Å². The summed E-state index contributed by atoms with van der Waals surface area (Å²) in [4.78, 5) is 0.372. The average molecular weight is 310 g/mol. The number of nitrogens with zero attached hydrogens (tertiary/aromatic N) is 1. The van der Waals surface area contributed by atoms with Gasteiger partial charge >= 0.3 is 0 Å². The first-order valence-electron chi connectivity index (χ1n) is 7.72. The smallest absolute Gasteiger partial charge is 0.243 e. The molecule has 1 fully saturated rings. The van der Waals surface area contributed by atoms with E-state index in [0.29, 0.717) is 29.8 Å². The van der Waals surface area contributed by atoms with Crippen molar-refractivity contribution in [3.63, 3.8) is 0 Å². The lowest BCUT2D eigenvalue weighted by Crippen LogP contribution is -2.49. The van der Waals surface area contributed by atoms with Crippen molar-refractivity contribution in [1.29, 1.82) is 0 Å². The molecule has 2 N–H and O–H groups in total. The van der Waals surface area contributed by atoms with Gasteiger partial charge in [-0.05, 0) is 42.4 Å². The zero-order chi connectivity index (χ0) is 15.6. The molecular weight excluding hydrogens is 284 g/mol. The largest absolute Gasteiger partial charge is 0.326 e. The van der Waals surface area contributed by atoms with Crippen LogP contribution in [0.4, 0.5) is 0 Å². The van der Waals surface area contributed by atoms with Crippen LogP contribution in [0.1, 0.15) is 45.1 Å². The molecule has 4 nitrogen and oxygen atoms in total. The molecule has 0 amide bonds. The van der Waals surface area contributed by atoms with Crippen LogP contribution in [0, 0.1) is 5.92 Å². The molecule has 5 heteroatoms. The first kappa shape index (κ1) is 16.5. The number of rotatable bonds is 4. The van der Waals surface area contributed by atoms with Gasteiger partial charge in [-0.1, -0.05) is 32.9 Å². The Hall–Kier alpha value is -0.910. The van der Waals surface area contributed by atoms with Crippen molar-refractivity contribution in [2.45, 2.75) is 50.5 Å². The second-order valence-electron chi connectivity index (χ2n) is 6.17. The van der Waals surface area contributed by atoms with Gasteiger partial charge in [-0.2, -0.15) is 4.31 Å². The molecule has 1 aromatic carbocycles. The van der Waals surface area contributed by atoms with Crippen molar-refractivity contribution in [2.24, 2.45) is 11.7 Å². The maximum absolute atomic E-state index is 12.7. The summed E-state index contributed by atoms with van der Waals surface area (Å²) in [6.07, 6.45) is 1.87. The molecule has 1 saturated heterocycles. The van der Waals surface area contributed by atoms with Gasteiger partial charge in [0.25, 0.3) is 0 Å². The SMILES string of the molecule is CCC(C)c1ccc(S(=O)(=O)N2CCC(C)C(N)C2)cc1. The second kappa shape index (κ2) is 6.46. The topological polar surface area (TPSA) is 63.4 Å². The number of piperidine rings is 1. The van der Waals surface area contributed by atoms with E-state index in [1.165, 1.54) is 9.87 Å². The summed E-state index contributed by atoms with van der Waals surface area (Å²) < 4.78 is 26.8. The molecule has 3 unspecified atom stereocenters. The summed E-state index contributed by atoms with van der Waals surface area (Å²) >= 11 is 0. The highest BCUT2D eigenvalue weighted by atomic mass is 32.2. The Morgan fingerprint density at radius 1 is 1.33 bits per heavy atom. The van der Waals surface area contributed by atoms with Gasteiger partial charge in [0.1, 0.15) is 0 Å². The summed E-state index contributed by atoms with van der Waals surface area (Å²) in [6.45, 7) is 7.33. The highest BCUT2D eigenvalue weighted by Gasteiger charge is 2.31. The highest BCUT2D eigenvalue weighted by molar-refractivity contribution is 7.89. The van der Waals surface area contributed by atoms with Crippen LogP contribution in [0.5, 0.6) is 0 Å². The minimum absolute atomic E-state index is 0.0760. The summed E-state index contributed by atoms with van der Waals surface area (Å²) in [5.74, 6) is 0.829. The first-order valence-corrected chi connectivity index (χ1v) is 9.16. The maximum Gasteiger partial charge on any atom is 0.243 e. The van der Waals surface area contributed by atoms with Crippen LogP contribution in [0.25, 0.3) is 0 Å². The molecule has 0 aliphatic carbocycles. The van der Waals surface area contributed by atoms with Gasteiger partial charge in [0.2, 0.25) is 10.0 Å². The van der Waals surface area contributed by atoms with Crippen molar-refractivity contribution in [3.8, 4) is 0 Å². The van der Waals surface area contributed by atoms with E-state index >= 15 is 0 Å². The third-order valence-corrected chi connectivity index (χ3v) is 6.56. The molecule has 1 heterocycles. The Morgan fingerprint density at radius 2 is 1.95 bits per heavy atom. The van der Waals surface area contributed by atoms with Gasteiger partial charge in [0.05, 0.1) is 4.90 Å². The fourth-order valence-electron chi connectivity index (χ4n) is 2.64. The minimum atomic E-state index is -3.41. The normalized spacial score (nSPS) is 25.7. The minimum Gasteiger partial charge on any atom is -0.326 e. The monoisotopic (exact) mass is 310 g/mol. The molecule has 2 rings (SSSR count). The van der Waals surface area contributed by atoms with Crippen molar-refractivity contribution < 1.29 is 8.42 Å². The summed E-state index contributed by atoms with van der Waals surface area (Å²) in [7, 11) is -3.41. The van der Waals surface area contributed by atoms with E-state index in [0.717, 1.165) is 12.8 Å². The standard InChI is InChI=1S/C16H26N2O2S/c1-4-12(2)14-5-7-15(8-6-14)21(19,20)18-10-9-13(3)16(17)11-18/h5-8,12-13,16H,4,9-11,17H2,1-3H3. The molecule has 0 spiro atoms. The van der Waals surface area contributed by atoms with Crippen molar-refractivity contribution in [2.75, 3.05) is 13.1 Å². The molecule has 0 saturated carbocycles. The zero-order valence-electron chi connectivity index (χ0n) is 13.1. The van der Waals surface area contributed by atoms with Crippen LogP contribution in [0.3, 0.4) is 0 Å². The van der Waals surface area contributed by atoms with Crippen LogP contribution < -0.4 is 5.73 Å². The van der Waals surface area contributed by atoms with Gasteiger partial charge in [-0.3, -0.25) is 0 Å². The van der Waals surface area contributed by atoms with E-state index in [1.54, 1.807) is 12.1 Å². The summed E-state index contributed by atoms with van der Waals surface area (Å²) in [6, 6.07) is 7.22. The highest BCUT2D eigenvalue weighted by Crippen LogP contribution is 2.25. The molecule has 1 aliphatic rings. The van der Waals surface area contributed by atoms with Gasteiger partial charge < -0.3 is 5.73 Å². The number of hydrogen-bond donors (Lipinski definition) is 1. The second-order valence-corrected chi connectivity index (χ2v) is 8.11. The van der Waals surface area contributed by atoms with E-state index in [-0.39, 0.29) is 6.04 Å². The molecule has 118 valence electrons. The number of sulfonamides is 1. The Kier molecular flexibility index (Phi) is 5.07. The Morgan fingerprint density at radius 3 is 2.48 bits per heavy atom. The Bertz CT molecular complexity index is 568. The molecule has 0 bridgehead atoms. The number of benzene rings is 1. The third kappa shape index (κ3) is 3.47. The summed E-state index contributed by atoms with van der Waals surface area (Å²) in [5.41, 5.74) is 7.20. The maximum atomic E-state index is 12.7. The van der Waals surface area contributed by atoms with E-state index in [2.05, 4.69) is 20.8 Å². The molecule has 0 radical (unpaired) electrons. The van der Waals surface area contributed by atoms with Gasteiger partial charge in [0, 0.05) is 19.1 Å². The Labute approximate surface area is 128 Å². The molecule has 21 heavy (non-hydrogen) atoms. The van der Waals surface area contributed by atoms with Gasteiger partial charge in [-0.25, -0.2) is 8.42 Å². The average Bonchev–Trinajstić information content (AvgIpc) is 2.49. The number of nitrogens with two attached hydrogens (primary N) is 1. The molecule has 3 atom stereocenters. The fraction of sp³-hybridized carbons (Fsp3) is 0.625. The predicted molar refractivity (Wildman–Crippen MR) is 85.7 cm³/mol. The van der Waals surface area contributed by atoms with Crippen LogP contribution in [0.15, 0.2) is 29.2 Å². The van der Waals surface area contributed by atoms with Crippen LogP contribution in [-0.4, -0.2) is 31.9 Å². The Balaban J connectivity index is 2.20. The lowest BCUT2D eigenvalue weighted by atomic mass is 9.96. The van der Waals surface area contributed by atoms with Gasteiger partial charge in [0.15, 0.2) is 0 Å². The lowest BCUT2D eigenvalue weighted by molar-refractivity contribution is 0.253. The van der Waals surface area contributed by atoms with E-state index in [1.807, 2.05) is 12.1 Å². The summed E-state index contributed by atoms with van der Waals surface area (Å²) in [5, 5.41) is 0. The van der Waals surface area contributed by atoms with Crippen LogP contribution >= 0.6 is 0 Å². The van der Waals surface area contributed by atoms with Crippen molar-refractivity contribution in [3.05, 3.63) is 29.8 Å². The molecule has 1 aromatic rings. The van der Waals surface area contributed by atoms with Crippen LogP contribution in [0.2, 0.25) is 0 Å². The fourth-order valence-corrected chi connectivity index (χ4v) is 4.13. The van der Waals surface area contributed by atoms with Gasteiger partial charge in [-0.15, -0.1) is 0 Å². The quantitative estimate of drug-likeness (QED) is 0.929. The number of hydrogen-bond acceptors (Lipinski definition) is 3. The van der Waals surface area contributed by atoms with E-state index in [4.69, 9.17) is 5.73 Å². The molecule has 1 aliphatic heterocycles. The first-order chi connectivity index (χ1) is 9.86. The third-order valence-electron chi connectivity index (χ3n) is 4.68. The van der Waals surface area contributed by atoms with Crippen molar-refractivity contribution >= 4 is 10.0 Å². The molecular formula is C16H26N2O2S. The predicted octanol–water partition coefficient (Wildman–Crippen LogP) is 2.56. The van der Waals surface area contributed by atoms with E-state index < -0.39 is 10.0 Å². The van der Waals surface area contributed by atoms with E-state index in [9.17, 15) is 8.42 Å². The molecule has 0 aromatic heterocycles. The zero-order valence-corrected chi connectivity index (χ0v) is 13.9. The lowest BCUT2D eigenvalue weighted by Gasteiger charge is -2.34. The van der Waals surface area contributed by atoms with Crippen LogP contribution in [-0.2, 0) is 10.0 Å².